The summed E-state index contributed by atoms with van der Waals surface area (Å²) in [5.41, 5.74) is 4.87. The third kappa shape index (κ3) is 2.97. The number of halogens is 3. The Morgan fingerprint density at radius 3 is 2.33 bits per heavy atom. The van der Waals surface area contributed by atoms with Gasteiger partial charge >= 0.3 is 5.97 Å². The van der Waals surface area contributed by atoms with Crippen molar-refractivity contribution >= 4 is 21.9 Å². The van der Waals surface area contributed by atoms with Crippen molar-refractivity contribution in [3.63, 3.8) is 0 Å². The molecule has 0 fully saturated rings. The van der Waals surface area contributed by atoms with Gasteiger partial charge in [-0.25, -0.2) is 8.78 Å². The highest BCUT2D eigenvalue weighted by molar-refractivity contribution is 9.10. The van der Waals surface area contributed by atoms with Gasteiger partial charge < -0.3 is 10.8 Å². The van der Waals surface area contributed by atoms with E-state index in [0.717, 1.165) is 12.1 Å². The number of carboxylic acid groups (broad SMARTS) is 1. The SMILES string of the molecule is N[C@@H](Cc1c(F)cc(Br)cc1F)C(=O)O. The van der Waals surface area contributed by atoms with Crippen molar-refractivity contribution in [3.8, 4) is 0 Å². The molecule has 0 unspecified atom stereocenters. The molecule has 0 saturated heterocycles. The van der Waals surface area contributed by atoms with Gasteiger partial charge in [-0.1, -0.05) is 15.9 Å². The van der Waals surface area contributed by atoms with Crippen molar-refractivity contribution in [2.45, 2.75) is 12.5 Å². The van der Waals surface area contributed by atoms with E-state index in [-0.39, 0.29) is 16.5 Å². The van der Waals surface area contributed by atoms with Crippen LogP contribution in [0.5, 0.6) is 0 Å². The molecule has 0 bridgehead atoms. The van der Waals surface area contributed by atoms with Crippen LogP contribution in [0.1, 0.15) is 5.56 Å². The van der Waals surface area contributed by atoms with Gasteiger partial charge in [-0.2, -0.15) is 0 Å². The van der Waals surface area contributed by atoms with E-state index < -0.39 is 23.6 Å². The van der Waals surface area contributed by atoms with Crippen LogP contribution in [0.25, 0.3) is 0 Å². The van der Waals surface area contributed by atoms with E-state index in [2.05, 4.69) is 15.9 Å². The lowest BCUT2D eigenvalue weighted by molar-refractivity contribution is -0.138. The van der Waals surface area contributed by atoms with Gasteiger partial charge in [0.1, 0.15) is 17.7 Å². The number of nitrogens with two attached hydrogens (primary N) is 1. The molecule has 0 spiro atoms. The molecule has 0 heterocycles. The van der Waals surface area contributed by atoms with Crippen LogP contribution < -0.4 is 5.73 Å². The lowest BCUT2D eigenvalue weighted by atomic mass is 10.1. The van der Waals surface area contributed by atoms with Gasteiger partial charge in [-0.3, -0.25) is 4.79 Å². The Hall–Kier alpha value is -1.01. The smallest absolute Gasteiger partial charge is 0.320 e. The van der Waals surface area contributed by atoms with E-state index in [1.165, 1.54) is 0 Å². The fraction of sp³-hybridized carbons (Fsp3) is 0.222. The highest BCUT2D eigenvalue weighted by atomic mass is 79.9. The molecule has 0 amide bonds. The second-order valence-corrected chi connectivity index (χ2v) is 3.91. The molecule has 3 N–H and O–H groups in total. The summed E-state index contributed by atoms with van der Waals surface area (Å²) in [7, 11) is 0. The topological polar surface area (TPSA) is 63.3 Å². The number of aliphatic carboxylic acids is 1. The molecule has 0 aromatic heterocycles. The van der Waals surface area contributed by atoms with E-state index >= 15 is 0 Å². The first-order valence-corrected chi connectivity index (χ1v) is 4.83. The first-order chi connectivity index (χ1) is 6.91. The van der Waals surface area contributed by atoms with Crippen molar-refractivity contribution in [2.75, 3.05) is 0 Å². The Morgan fingerprint density at radius 2 is 1.93 bits per heavy atom. The predicted molar refractivity (Wildman–Crippen MR) is 53.4 cm³/mol. The molecule has 15 heavy (non-hydrogen) atoms. The second-order valence-electron chi connectivity index (χ2n) is 3.00. The summed E-state index contributed by atoms with van der Waals surface area (Å²) < 4.78 is 26.7. The van der Waals surface area contributed by atoms with Gasteiger partial charge in [0.05, 0.1) is 0 Å². The molecule has 0 saturated carbocycles. The summed E-state index contributed by atoms with van der Waals surface area (Å²) in [4.78, 5) is 10.4. The summed E-state index contributed by atoms with van der Waals surface area (Å²) >= 11 is 2.91. The first-order valence-electron chi connectivity index (χ1n) is 4.03. The summed E-state index contributed by atoms with van der Waals surface area (Å²) in [6, 6.07) is 0.815. The minimum Gasteiger partial charge on any atom is -0.480 e. The number of rotatable bonds is 3. The number of carboxylic acids is 1. The van der Waals surface area contributed by atoms with Gasteiger partial charge in [0.25, 0.3) is 0 Å². The van der Waals surface area contributed by atoms with Crippen LogP contribution >= 0.6 is 15.9 Å². The van der Waals surface area contributed by atoms with Crippen LogP contribution in [0.4, 0.5) is 8.78 Å². The molecule has 3 nitrogen and oxygen atoms in total. The molecule has 0 aliphatic carbocycles. The molecule has 1 atom stereocenters. The zero-order valence-electron chi connectivity index (χ0n) is 7.51. The lowest BCUT2D eigenvalue weighted by Gasteiger charge is -2.08. The van der Waals surface area contributed by atoms with Gasteiger partial charge in [-0.05, 0) is 12.1 Å². The van der Waals surface area contributed by atoms with E-state index in [9.17, 15) is 13.6 Å². The van der Waals surface area contributed by atoms with Gasteiger partial charge in [-0.15, -0.1) is 0 Å². The van der Waals surface area contributed by atoms with Crippen molar-refractivity contribution < 1.29 is 18.7 Å². The lowest BCUT2D eigenvalue weighted by Crippen LogP contribution is -2.32. The van der Waals surface area contributed by atoms with Gasteiger partial charge in [0.15, 0.2) is 0 Å². The number of hydrogen-bond acceptors (Lipinski definition) is 2. The summed E-state index contributed by atoms with van der Waals surface area (Å²) in [6.45, 7) is 0. The third-order valence-corrected chi connectivity index (χ3v) is 2.30. The molecule has 1 aromatic carbocycles. The van der Waals surface area contributed by atoms with Gasteiger partial charge in [0, 0.05) is 16.5 Å². The zero-order chi connectivity index (χ0) is 11.6. The van der Waals surface area contributed by atoms with Crippen molar-refractivity contribution in [1.82, 2.24) is 0 Å². The Bertz CT molecular complexity index is 375. The summed E-state index contributed by atoms with van der Waals surface area (Å²) in [5, 5.41) is 8.50. The van der Waals surface area contributed by atoms with Crippen LogP contribution in [-0.2, 0) is 11.2 Å². The maximum absolute atomic E-state index is 13.2. The second kappa shape index (κ2) is 4.67. The minimum atomic E-state index is -1.31. The minimum absolute atomic E-state index is 0.255. The molecule has 0 aliphatic rings. The molecule has 6 heteroatoms. The van der Waals surface area contributed by atoms with Crippen LogP contribution in [0.2, 0.25) is 0 Å². The van der Waals surface area contributed by atoms with Crippen LogP contribution in [0, 0.1) is 11.6 Å². The molecule has 1 rings (SSSR count). The maximum atomic E-state index is 13.2. The van der Waals surface area contributed by atoms with E-state index in [1.807, 2.05) is 0 Å². The largest absolute Gasteiger partial charge is 0.480 e. The Labute approximate surface area is 93.0 Å². The number of hydrogen-bond donors (Lipinski definition) is 2. The van der Waals surface area contributed by atoms with Crippen molar-refractivity contribution in [1.29, 1.82) is 0 Å². The van der Waals surface area contributed by atoms with E-state index in [1.54, 1.807) is 0 Å². The van der Waals surface area contributed by atoms with Crippen LogP contribution in [-0.4, -0.2) is 17.1 Å². The fourth-order valence-electron chi connectivity index (χ4n) is 1.07. The molecule has 82 valence electrons. The van der Waals surface area contributed by atoms with E-state index in [4.69, 9.17) is 10.8 Å². The molecule has 0 aliphatic heterocycles. The molecule has 1 aromatic rings. The summed E-state index contributed by atoms with van der Waals surface area (Å²) in [6.07, 6.45) is -0.375. The highest BCUT2D eigenvalue weighted by Gasteiger charge is 2.18. The normalized spacial score (nSPS) is 12.5. The zero-order valence-corrected chi connectivity index (χ0v) is 9.09. The monoisotopic (exact) mass is 279 g/mol. The molecular weight excluding hydrogens is 272 g/mol. The molecule has 0 radical (unpaired) electrons. The van der Waals surface area contributed by atoms with Crippen LogP contribution in [0.3, 0.4) is 0 Å². The standard InChI is InChI=1S/C9H8BrF2NO2/c10-4-1-6(11)5(7(12)2-4)3-8(13)9(14)15/h1-2,8H,3,13H2,(H,14,15)/t8-/m0/s1. The van der Waals surface area contributed by atoms with E-state index in [0.29, 0.717) is 0 Å². The average molecular weight is 280 g/mol. The molecular formula is C9H8BrF2NO2. The Balaban J connectivity index is 3.00. The van der Waals surface area contributed by atoms with Crippen LogP contribution in [0.15, 0.2) is 16.6 Å². The third-order valence-electron chi connectivity index (χ3n) is 1.85. The number of carbonyl (C=O) groups is 1. The first kappa shape index (κ1) is 12.1. The number of benzene rings is 1. The van der Waals surface area contributed by atoms with Crippen molar-refractivity contribution in [2.24, 2.45) is 5.73 Å². The van der Waals surface area contributed by atoms with Gasteiger partial charge in [0.2, 0.25) is 0 Å². The summed E-state index contributed by atoms with van der Waals surface area (Å²) in [5.74, 6) is -2.91. The quantitative estimate of drug-likeness (QED) is 0.885. The Kier molecular flexibility index (Phi) is 3.76. The highest BCUT2D eigenvalue weighted by Crippen LogP contribution is 2.20. The Morgan fingerprint density at radius 1 is 1.47 bits per heavy atom. The fourth-order valence-corrected chi connectivity index (χ4v) is 1.48. The predicted octanol–water partition coefficient (Wildman–Crippen LogP) is 1.68. The average Bonchev–Trinajstić information content (AvgIpc) is 2.10. The maximum Gasteiger partial charge on any atom is 0.320 e. The van der Waals surface area contributed by atoms with Crippen molar-refractivity contribution in [3.05, 3.63) is 33.8 Å².